The SMILES string of the molecule is CC(Cc1ccccc1)NC1CCC1. The smallest absolute Gasteiger partial charge is 0.00817 e. The lowest BCUT2D eigenvalue weighted by Gasteiger charge is -2.30. The van der Waals surface area contributed by atoms with Crippen LogP contribution in [0.1, 0.15) is 31.7 Å². The number of rotatable bonds is 4. The average Bonchev–Trinajstić information content (AvgIpc) is 2.13. The number of hydrogen-bond donors (Lipinski definition) is 1. The van der Waals surface area contributed by atoms with Gasteiger partial charge in [0.1, 0.15) is 0 Å². The Bertz CT molecular complexity index is 264. The number of hydrogen-bond acceptors (Lipinski definition) is 1. The standard InChI is InChI=1S/C13H19N/c1-11(14-13-8-5-9-13)10-12-6-3-2-4-7-12/h2-4,6-7,11,13-14H,5,8-10H2,1H3. The fourth-order valence-electron chi connectivity index (χ4n) is 2.00. The van der Waals surface area contributed by atoms with Crippen molar-refractivity contribution >= 4 is 0 Å². The Kier molecular flexibility index (Phi) is 3.20. The highest BCUT2D eigenvalue weighted by Crippen LogP contribution is 2.19. The summed E-state index contributed by atoms with van der Waals surface area (Å²) in [5.41, 5.74) is 1.44. The third kappa shape index (κ3) is 2.58. The van der Waals surface area contributed by atoms with Crippen LogP contribution in [0.2, 0.25) is 0 Å². The first kappa shape index (κ1) is 9.72. The van der Waals surface area contributed by atoms with Gasteiger partial charge in [0.2, 0.25) is 0 Å². The van der Waals surface area contributed by atoms with Gasteiger partial charge in [0.25, 0.3) is 0 Å². The van der Waals surface area contributed by atoms with Crippen LogP contribution in [0, 0.1) is 0 Å². The Hall–Kier alpha value is -0.820. The summed E-state index contributed by atoms with van der Waals surface area (Å²) >= 11 is 0. The molecular weight excluding hydrogens is 170 g/mol. The monoisotopic (exact) mass is 189 g/mol. The molecule has 0 aromatic heterocycles. The topological polar surface area (TPSA) is 12.0 Å². The van der Waals surface area contributed by atoms with E-state index in [2.05, 4.69) is 42.6 Å². The van der Waals surface area contributed by atoms with Crippen LogP contribution in [0.15, 0.2) is 30.3 Å². The fourth-order valence-corrected chi connectivity index (χ4v) is 2.00. The third-order valence-corrected chi connectivity index (χ3v) is 3.01. The van der Waals surface area contributed by atoms with E-state index in [4.69, 9.17) is 0 Å². The molecule has 1 aliphatic carbocycles. The van der Waals surface area contributed by atoms with Crippen LogP contribution in [-0.2, 0) is 6.42 Å². The van der Waals surface area contributed by atoms with Crippen molar-refractivity contribution in [1.82, 2.24) is 5.32 Å². The van der Waals surface area contributed by atoms with Crippen LogP contribution in [-0.4, -0.2) is 12.1 Å². The van der Waals surface area contributed by atoms with Gasteiger partial charge < -0.3 is 5.32 Å². The van der Waals surface area contributed by atoms with Crippen LogP contribution in [0.4, 0.5) is 0 Å². The van der Waals surface area contributed by atoms with E-state index < -0.39 is 0 Å². The van der Waals surface area contributed by atoms with Crippen molar-refractivity contribution in [3.8, 4) is 0 Å². The Morgan fingerprint density at radius 2 is 2.00 bits per heavy atom. The molecule has 2 rings (SSSR count). The van der Waals surface area contributed by atoms with E-state index in [1.165, 1.54) is 24.8 Å². The highest BCUT2D eigenvalue weighted by atomic mass is 15.0. The molecule has 0 bridgehead atoms. The minimum atomic E-state index is 0.614. The zero-order valence-electron chi connectivity index (χ0n) is 8.87. The molecule has 1 N–H and O–H groups in total. The predicted octanol–water partition coefficient (Wildman–Crippen LogP) is 2.76. The molecule has 1 unspecified atom stereocenters. The van der Waals surface area contributed by atoms with Crippen molar-refractivity contribution < 1.29 is 0 Å². The summed E-state index contributed by atoms with van der Waals surface area (Å²) < 4.78 is 0. The van der Waals surface area contributed by atoms with E-state index in [0.29, 0.717) is 6.04 Å². The lowest BCUT2D eigenvalue weighted by molar-refractivity contribution is 0.310. The van der Waals surface area contributed by atoms with Gasteiger partial charge in [0.15, 0.2) is 0 Å². The number of benzene rings is 1. The summed E-state index contributed by atoms with van der Waals surface area (Å²) in [7, 11) is 0. The summed E-state index contributed by atoms with van der Waals surface area (Å²) in [6.45, 7) is 2.28. The molecule has 0 amide bonds. The van der Waals surface area contributed by atoms with E-state index in [1.54, 1.807) is 0 Å². The van der Waals surface area contributed by atoms with Crippen molar-refractivity contribution in [3.05, 3.63) is 35.9 Å². The minimum Gasteiger partial charge on any atom is -0.311 e. The molecule has 76 valence electrons. The van der Waals surface area contributed by atoms with E-state index in [1.807, 2.05) is 0 Å². The molecular formula is C13H19N. The van der Waals surface area contributed by atoms with Gasteiger partial charge in [-0.25, -0.2) is 0 Å². The van der Waals surface area contributed by atoms with E-state index in [0.717, 1.165) is 12.5 Å². The van der Waals surface area contributed by atoms with Gasteiger partial charge in [-0.2, -0.15) is 0 Å². The van der Waals surface area contributed by atoms with E-state index >= 15 is 0 Å². The van der Waals surface area contributed by atoms with Crippen molar-refractivity contribution in [3.63, 3.8) is 0 Å². The molecule has 1 aromatic carbocycles. The van der Waals surface area contributed by atoms with Crippen LogP contribution in [0.5, 0.6) is 0 Å². The normalized spacial score (nSPS) is 18.9. The first-order valence-electron chi connectivity index (χ1n) is 5.64. The molecule has 1 nitrogen and oxygen atoms in total. The van der Waals surface area contributed by atoms with Gasteiger partial charge in [-0.3, -0.25) is 0 Å². The van der Waals surface area contributed by atoms with Crippen molar-refractivity contribution in [2.24, 2.45) is 0 Å². The number of nitrogens with one attached hydrogen (secondary N) is 1. The molecule has 1 fully saturated rings. The molecule has 0 saturated heterocycles. The molecule has 1 atom stereocenters. The van der Waals surface area contributed by atoms with Gasteiger partial charge in [0, 0.05) is 12.1 Å². The van der Waals surface area contributed by atoms with Crippen LogP contribution in [0.25, 0.3) is 0 Å². The van der Waals surface area contributed by atoms with Gasteiger partial charge in [-0.05, 0) is 31.7 Å². The highest BCUT2D eigenvalue weighted by Gasteiger charge is 2.18. The maximum Gasteiger partial charge on any atom is 0.00817 e. The summed E-state index contributed by atoms with van der Waals surface area (Å²) in [6.07, 6.45) is 5.31. The summed E-state index contributed by atoms with van der Waals surface area (Å²) in [5.74, 6) is 0. The molecule has 1 heteroatoms. The average molecular weight is 189 g/mol. The maximum atomic E-state index is 3.66. The minimum absolute atomic E-state index is 0.614. The molecule has 0 radical (unpaired) electrons. The summed E-state index contributed by atoms with van der Waals surface area (Å²) in [6, 6.07) is 12.1. The Labute approximate surface area is 86.5 Å². The fraction of sp³-hybridized carbons (Fsp3) is 0.538. The zero-order chi connectivity index (χ0) is 9.80. The van der Waals surface area contributed by atoms with E-state index in [9.17, 15) is 0 Å². The summed E-state index contributed by atoms with van der Waals surface area (Å²) in [4.78, 5) is 0. The lowest BCUT2D eigenvalue weighted by atomic mass is 9.92. The largest absolute Gasteiger partial charge is 0.311 e. The second-order valence-electron chi connectivity index (χ2n) is 4.39. The van der Waals surface area contributed by atoms with E-state index in [-0.39, 0.29) is 0 Å². The molecule has 1 aliphatic rings. The summed E-state index contributed by atoms with van der Waals surface area (Å²) in [5, 5.41) is 3.66. The molecule has 0 spiro atoms. The van der Waals surface area contributed by atoms with Crippen molar-refractivity contribution in [1.29, 1.82) is 0 Å². The van der Waals surface area contributed by atoms with Crippen LogP contribution in [0.3, 0.4) is 0 Å². The molecule has 1 aromatic rings. The second kappa shape index (κ2) is 4.61. The second-order valence-corrected chi connectivity index (χ2v) is 4.39. The Balaban J connectivity index is 1.79. The maximum absolute atomic E-state index is 3.66. The van der Waals surface area contributed by atoms with Gasteiger partial charge in [0.05, 0.1) is 0 Å². The third-order valence-electron chi connectivity index (χ3n) is 3.01. The molecule has 0 aliphatic heterocycles. The van der Waals surface area contributed by atoms with Gasteiger partial charge in [-0.15, -0.1) is 0 Å². The highest BCUT2D eigenvalue weighted by molar-refractivity contribution is 5.15. The lowest BCUT2D eigenvalue weighted by Crippen LogP contribution is -2.41. The Morgan fingerprint density at radius 3 is 2.57 bits per heavy atom. The van der Waals surface area contributed by atoms with Crippen molar-refractivity contribution in [2.75, 3.05) is 0 Å². The van der Waals surface area contributed by atoms with Crippen molar-refractivity contribution in [2.45, 2.75) is 44.7 Å². The van der Waals surface area contributed by atoms with Crippen LogP contribution >= 0.6 is 0 Å². The quantitative estimate of drug-likeness (QED) is 0.768. The first-order chi connectivity index (χ1) is 6.84. The molecule has 0 heterocycles. The van der Waals surface area contributed by atoms with Gasteiger partial charge >= 0.3 is 0 Å². The van der Waals surface area contributed by atoms with Crippen LogP contribution < -0.4 is 5.32 Å². The zero-order valence-corrected chi connectivity index (χ0v) is 8.87. The predicted molar refractivity (Wildman–Crippen MR) is 60.4 cm³/mol. The van der Waals surface area contributed by atoms with Gasteiger partial charge in [-0.1, -0.05) is 36.8 Å². The first-order valence-corrected chi connectivity index (χ1v) is 5.64. The molecule has 1 saturated carbocycles. The Morgan fingerprint density at radius 1 is 1.29 bits per heavy atom. The molecule has 14 heavy (non-hydrogen) atoms.